The summed E-state index contributed by atoms with van der Waals surface area (Å²) in [4.78, 5) is 0. The third-order valence-electron chi connectivity index (χ3n) is 5.93. The number of hydrogen-bond acceptors (Lipinski definition) is 4. The molecule has 4 atom stereocenters. The summed E-state index contributed by atoms with van der Waals surface area (Å²) < 4.78 is 5.48. The Bertz CT molecular complexity index is 327. The van der Waals surface area contributed by atoms with Gasteiger partial charge in [-0.3, -0.25) is 0 Å². The summed E-state index contributed by atoms with van der Waals surface area (Å²) in [5.74, 6) is 0. The molecule has 3 nitrogen and oxygen atoms in total. The van der Waals surface area contributed by atoms with Gasteiger partial charge in [-0.1, -0.05) is 116 Å². The zero-order valence-corrected chi connectivity index (χ0v) is 18.7. The quantitative estimate of drug-likeness (QED) is 0.183. The lowest BCUT2D eigenvalue weighted by atomic mass is 10.0. The van der Waals surface area contributed by atoms with Gasteiger partial charge in [-0.15, -0.1) is 12.6 Å². The van der Waals surface area contributed by atoms with Crippen molar-refractivity contribution in [2.24, 2.45) is 0 Å². The molecule has 0 bridgehead atoms. The fourth-order valence-corrected chi connectivity index (χ4v) is 4.37. The Morgan fingerprint density at radius 2 is 0.963 bits per heavy atom. The van der Waals surface area contributed by atoms with Gasteiger partial charge in [0.25, 0.3) is 0 Å². The molecule has 2 N–H and O–H groups in total. The van der Waals surface area contributed by atoms with Crippen LogP contribution in [0.1, 0.15) is 122 Å². The van der Waals surface area contributed by atoms with Crippen LogP contribution in [0.15, 0.2) is 0 Å². The van der Waals surface area contributed by atoms with Crippen molar-refractivity contribution in [2.75, 3.05) is 0 Å². The van der Waals surface area contributed by atoms with Crippen molar-refractivity contribution in [3.8, 4) is 0 Å². The maximum Gasteiger partial charge on any atom is 0.129 e. The summed E-state index contributed by atoms with van der Waals surface area (Å²) in [5.41, 5.74) is -0.532. The highest BCUT2D eigenvalue weighted by Crippen LogP contribution is 2.27. The molecule has 0 spiro atoms. The summed E-state index contributed by atoms with van der Waals surface area (Å²) in [5, 5.41) is 19.5. The molecule has 4 heteroatoms. The second-order valence-corrected chi connectivity index (χ2v) is 9.00. The summed E-state index contributed by atoms with van der Waals surface area (Å²) in [6.45, 7) is 2.28. The van der Waals surface area contributed by atoms with Gasteiger partial charge in [0.2, 0.25) is 0 Å². The first-order valence-corrected chi connectivity index (χ1v) is 12.4. The molecule has 0 saturated carbocycles. The van der Waals surface area contributed by atoms with Crippen LogP contribution in [0.2, 0.25) is 0 Å². The molecule has 1 saturated heterocycles. The Kier molecular flexibility index (Phi) is 16.0. The number of unbranched alkanes of at least 4 members (excludes halogenated alkanes) is 16. The number of thiol groups is 1. The zero-order valence-electron chi connectivity index (χ0n) is 17.8. The van der Waals surface area contributed by atoms with Gasteiger partial charge in [0.15, 0.2) is 0 Å². The van der Waals surface area contributed by atoms with Crippen LogP contribution in [-0.4, -0.2) is 34.0 Å². The molecular formula is C23H46O3S. The molecule has 0 aromatic heterocycles. The number of aliphatic hydroxyl groups excluding tert-OH is 2. The molecule has 1 fully saturated rings. The van der Waals surface area contributed by atoms with E-state index in [9.17, 15) is 10.2 Å². The minimum absolute atomic E-state index is 0.237. The Labute approximate surface area is 174 Å². The first kappa shape index (κ1) is 25.3. The van der Waals surface area contributed by atoms with Crippen LogP contribution in [0.5, 0.6) is 0 Å². The topological polar surface area (TPSA) is 49.7 Å². The standard InChI is InChI=1S/C23H46O3S/c1-2-3-4-5-6-7-8-9-10-11-12-13-14-15-16-17-18-19-20-21(24)22(25)23(27)26-20/h20-25,27H,2-19H2,1H3/t20-,21-,22-,23?/m1/s1. The van der Waals surface area contributed by atoms with Crippen molar-refractivity contribution in [3.63, 3.8) is 0 Å². The van der Waals surface area contributed by atoms with Gasteiger partial charge in [0.05, 0.1) is 6.10 Å². The van der Waals surface area contributed by atoms with Gasteiger partial charge in [-0.2, -0.15) is 0 Å². The predicted octanol–water partition coefficient (Wildman–Crippen LogP) is 6.40. The van der Waals surface area contributed by atoms with Crippen LogP contribution in [0.3, 0.4) is 0 Å². The van der Waals surface area contributed by atoms with Crippen LogP contribution in [0.4, 0.5) is 0 Å². The molecule has 0 aliphatic carbocycles. The molecule has 1 unspecified atom stereocenters. The maximum atomic E-state index is 9.84. The summed E-state index contributed by atoms with van der Waals surface area (Å²) in [6.07, 6.45) is 22.2. The smallest absolute Gasteiger partial charge is 0.129 e. The Hall–Kier alpha value is 0.230. The molecule has 0 radical (unpaired) electrons. The molecular weight excluding hydrogens is 356 g/mol. The van der Waals surface area contributed by atoms with E-state index < -0.39 is 17.6 Å². The second-order valence-electron chi connectivity index (χ2n) is 8.49. The fraction of sp³-hybridized carbons (Fsp3) is 1.00. The molecule has 27 heavy (non-hydrogen) atoms. The molecule has 1 aliphatic heterocycles. The molecule has 0 amide bonds. The molecule has 0 aromatic carbocycles. The van der Waals surface area contributed by atoms with Crippen molar-refractivity contribution >= 4 is 12.6 Å². The number of hydrogen-bond donors (Lipinski definition) is 3. The maximum absolute atomic E-state index is 9.84. The number of ether oxygens (including phenoxy) is 1. The van der Waals surface area contributed by atoms with E-state index >= 15 is 0 Å². The van der Waals surface area contributed by atoms with Crippen LogP contribution in [0, 0.1) is 0 Å². The average Bonchev–Trinajstić information content (AvgIpc) is 2.91. The molecule has 1 aliphatic rings. The minimum atomic E-state index is -0.843. The van der Waals surface area contributed by atoms with Crippen molar-refractivity contribution < 1.29 is 14.9 Å². The van der Waals surface area contributed by atoms with E-state index in [1.807, 2.05) is 0 Å². The van der Waals surface area contributed by atoms with E-state index in [4.69, 9.17) is 4.74 Å². The second kappa shape index (κ2) is 17.1. The Morgan fingerprint density at radius 1 is 0.593 bits per heavy atom. The summed E-state index contributed by atoms with van der Waals surface area (Å²) >= 11 is 4.13. The summed E-state index contributed by atoms with van der Waals surface area (Å²) in [7, 11) is 0. The van der Waals surface area contributed by atoms with Crippen LogP contribution in [0.25, 0.3) is 0 Å². The zero-order chi connectivity index (χ0) is 19.7. The monoisotopic (exact) mass is 402 g/mol. The van der Waals surface area contributed by atoms with Crippen LogP contribution in [-0.2, 0) is 4.74 Å². The van der Waals surface area contributed by atoms with E-state index in [0.29, 0.717) is 0 Å². The lowest BCUT2D eigenvalue weighted by Gasteiger charge is -2.13. The van der Waals surface area contributed by atoms with Crippen LogP contribution < -0.4 is 0 Å². The normalized spacial score (nSPS) is 25.3. The van der Waals surface area contributed by atoms with Gasteiger partial charge in [0.1, 0.15) is 17.6 Å². The average molecular weight is 403 g/mol. The number of rotatable bonds is 18. The third kappa shape index (κ3) is 12.4. The molecule has 1 rings (SSSR count). The molecule has 0 aromatic rings. The summed E-state index contributed by atoms with van der Waals surface area (Å²) in [6, 6.07) is 0. The van der Waals surface area contributed by atoms with E-state index in [1.165, 1.54) is 103 Å². The lowest BCUT2D eigenvalue weighted by molar-refractivity contribution is 0.0175. The van der Waals surface area contributed by atoms with Gasteiger partial charge in [-0.25, -0.2) is 0 Å². The van der Waals surface area contributed by atoms with Gasteiger partial charge >= 0.3 is 0 Å². The first-order valence-electron chi connectivity index (χ1n) is 11.9. The highest BCUT2D eigenvalue weighted by molar-refractivity contribution is 7.80. The molecule has 1 heterocycles. The van der Waals surface area contributed by atoms with Crippen molar-refractivity contribution in [3.05, 3.63) is 0 Å². The van der Waals surface area contributed by atoms with Crippen molar-refractivity contribution in [1.82, 2.24) is 0 Å². The van der Waals surface area contributed by atoms with Gasteiger partial charge in [-0.05, 0) is 6.42 Å². The van der Waals surface area contributed by atoms with Crippen molar-refractivity contribution in [1.29, 1.82) is 0 Å². The lowest BCUT2D eigenvalue weighted by Crippen LogP contribution is -2.30. The third-order valence-corrected chi connectivity index (χ3v) is 6.36. The highest BCUT2D eigenvalue weighted by Gasteiger charge is 2.40. The van der Waals surface area contributed by atoms with E-state index in [-0.39, 0.29) is 6.10 Å². The van der Waals surface area contributed by atoms with E-state index in [1.54, 1.807) is 0 Å². The van der Waals surface area contributed by atoms with E-state index in [2.05, 4.69) is 19.6 Å². The number of aliphatic hydroxyl groups is 2. The SMILES string of the molecule is CCCCCCCCCCCCCCCCCCC[C@H]1OC(S)[C@H](O)[C@@H]1O. The molecule has 162 valence electrons. The van der Waals surface area contributed by atoms with Crippen LogP contribution >= 0.6 is 12.6 Å². The Balaban J connectivity index is 1.74. The highest BCUT2D eigenvalue weighted by atomic mass is 32.1. The predicted molar refractivity (Wildman–Crippen MR) is 118 cm³/mol. The van der Waals surface area contributed by atoms with Crippen molar-refractivity contribution in [2.45, 2.75) is 146 Å². The van der Waals surface area contributed by atoms with Gasteiger partial charge < -0.3 is 14.9 Å². The van der Waals surface area contributed by atoms with E-state index in [0.717, 1.165) is 12.8 Å². The largest absolute Gasteiger partial charge is 0.388 e. The minimum Gasteiger partial charge on any atom is -0.388 e. The fourth-order valence-electron chi connectivity index (χ4n) is 4.04. The van der Waals surface area contributed by atoms with Gasteiger partial charge in [0, 0.05) is 0 Å². The first-order chi connectivity index (χ1) is 13.2. The Morgan fingerprint density at radius 3 is 1.30 bits per heavy atom.